The topological polar surface area (TPSA) is 0 Å². The summed E-state index contributed by atoms with van der Waals surface area (Å²) in [7, 11) is 0. The van der Waals surface area contributed by atoms with Gasteiger partial charge in [0.1, 0.15) is 0 Å². The molecule has 0 aliphatic heterocycles. The third-order valence-corrected chi connectivity index (χ3v) is 6.65. The van der Waals surface area contributed by atoms with E-state index in [2.05, 4.69) is 97.1 Å². The molecular weight excluding hydrogens is 498 g/mol. The van der Waals surface area contributed by atoms with E-state index in [0.717, 1.165) is 6.42 Å². The fourth-order valence-corrected chi connectivity index (χ4v) is 5.45. The van der Waals surface area contributed by atoms with Gasteiger partial charge in [-0.3, -0.25) is 0 Å². The van der Waals surface area contributed by atoms with Crippen molar-refractivity contribution in [1.29, 1.82) is 0 Å². The van der Waals surface area contributed by atoms with E-state index >= 15 is 0 Å². The van der Waals surface area contributed by atoms with E-state index in [1.807, 2.05) is 0 Å². The van der Waals surface area contributed by atoms with Crippen molar-refractivity contribution in [1.82, 2.24) is 0 Å². The standard InChI is InChI=1S/C28H22.2ClH.Zr/c1-5-13-23-19(9-1)20-10-2-6-14-24(20)27(23)17-18-28-25-15-7-3-11-21(25)22-12-4-8-16-26(22)28;;;/h1-16,23,28H,17-18H2;2*1H;/q;;;+2/p-2. The van der Waals surface area contributed by atoms with E-state index in [4.69, 9.17) is 0 Å². The van der Waals surface area contributed by atoms with E-state index in [9.17, 15) is 0 Å². The Labute approximate surface area is 215 Å². The Bertz CT molecular complexity index is 1240. The fraction of sp³-hybridized carbons (Fsp3) is 0.143. The molecule has 0 fully saturated rings. The van der Waals surface area contributed by atoms with Gasteiger partial charge in [0.05, 0.1) is 0 Å². The van der Waals surface area contributed by atoms with Crippen LogP contribution >= 0.6 is 0 Å². The third kappa shape index (κ3) is 3.86. The Morgan fingerprint density at radius 3 is 1.90 bits per heavy atom. The van der Waals surface area contributed by atoms with Crippen molar-refractivity contribution >= 4 is 11.1 Å². The maximum Gasteiger partial charge on any atom is 2.00 e. The molecule has 1 unspecified atom stereocenters. The van der Waals surface area contributed by atoms with Gasteiger partial charge in [-0.2, -0.15) is 0 Å². The zero-order valence-corrected chi connectivity index (χ0v) is 21.0. The monoisotopic (exact) mass is 518 g/mol. The molecule has 1 atom stereocenters. The maximum absolute atomic E-state index is 2.38. The van der Waals surface area contributed by atoms with Crippen LogP contribution in [0.2, 0.25) is 0 Å². The predicted octanol–water partition coefficient (Wildman–Crippen LogP) is -0.658. The summed E-state index contributed by atoms with van der Waals surface area (Å²) in [5.41, 5.74) is 8.91. The van der Waals surface area contributed by atoms with E-state index < -0.39 is 0 Å². The quantitative estimate of drug-likeness (QED) is 0.431. The van der Waals surface area contributed by atoms with Crippen molar-refractivity contribution in [2.45, 2.75) is 18.8 Å². The Kier molecular flexibility index (Phi) is 7.64. The summed E-state index contributed by atoms with van der Waals surface area (Å²) in [6.45, 7) is 0. The Balaban J connectivity index is 0.000000907. The minimum absolute atomic E-state index is 0. The second-order valence-corrected chi connectivity index (χ2v) is 8.01. The molecule has 0 amide bonds. The van der Waals surface area contributed by atoms with Crippen molar-refractivity contribution < 1.29 is 51.0 Å². The maximum atomic E-state index is 2.38. The third-order valence-electron chi connectivity index (χ3n) is 6.65. The van der Waals surface area contributed by atoms with Crippen LogP contribution in [0, 0.1) is 5.92 Å². The number of rotatable bonds is 3. The van der Waals surface area contributed by atoms with Crippen molar-refractivity contribution in [3.8, 4) is 11.1 Å². The smallest absolute Gasteiger partial charge is 1.00 e. The summed E-state index contributed by atoms with van der Waals surface area (Å²) in [5, 5.41) is 2.88. The van der Waals surface area contributed by atoms with Crippen LogP contribution in [-0.4, -0.2) is 0 Å². The van der Waals surface area contributed by atoms with Gasteiger partial charge < -0.3 is 24.8 Å². The molecule has 3 aliphatic carbocycles. The Morgan fingerprint density at radius 2 is 1.23 bits per heavy atom. The summed E-state index contributed by atoms with van der Waals surface area (Å²) >= 11 is 0. The molecule has 0 bridgehead atoms. The molecule has 0 N–H and O–H groups in total. The van der Waals surface area contributed by atoms with E-state index in [0.29, 0.717) is 11.8 Å². The molecule has 3 aliphatic rings. The van der Waals surface area contributed by atoms with Crippen LogP contribution in [0.15, 0.2) is 97.1 Å². The van der Waals surface area contributed by atoms with Gasteiger partial charge >= 0.3 is 26.2 Å². The van der Waals surface area contributed by atoms with Gasteiger partial charge in [-0.1, -0.05) is 103 Å². The van der Waals surface area contributed by atoms with Crippen LogP contribution < -0.4 is 35.3 Å². The molecule has 31 heavy (non-hydrogen) atoms. The first-order valence-electron chi connectivity index (χ1n) is 10.3. The van der Waals surface area contributed by atoms with Gasteiger partial charge in [-0.15, -0.1) is 0 Å². The second kappa shape index (κ2) is 9.87. The molecule has 6 rings (SSSR count). The van der Waals surface area contributed by atoms with Gasteiger partial charge in [-0.25, -0.2) is 0 Å². The van der Waals surface area contributed by atoms with E-state index in [1.165, 1.54) is 44.7 Å². The van der Waals surface area contributed by atoms with Crippen LogP contribution in [0.1, 0.15) is 29.9 Å². The average Bonchev–Trinajstić information content (AvgIpc) is 3.26. The number of halogens is 2. The van der Waals surface area contributed by atoms with Crippen molar-refractivity contribution in [2.75, 3.05) is 0 Å². The molecule has 0 nitrogen and oxygen atoms in total. The fourth-order valence-electron chi connectivity index (χ4n) is 5.45. The van der Waals surface area contributed by atoms with Gasteiger partial charge in [0.15, 0.2) is 0 Å². The van der Waals surface area contributed by atoms with Gasteiger partial charge in [-0.05, 0) is 51.1 Å². The normalized spacial score (nSPS) is 17.0. The van der Waals surface area contributed by atoms with Gasteiger partial charge in [0.2, 0.25) is 0 Å². The van der Waals surface area contributed by atoms with Crippen molar-refractivity contribution in [3.05, 3.63) is 119 Å². The first-order chi connectivity index (χ1) is 13.9. The molecule has 0 spiro atoms. The summed E-state index contributed by atoms with van der Waals surface area (Å²) in [5.74, 6) is 0.952. The molecular formula is C28H22Cl2Zr. The van der Waals surface area contributed by atoms with Crippen LogP contribution in [0.4, 0.5) is 0 Å². The summed E-state index contributed by atoms with van der Waals surface area (Å²) in [4.78, 5) is 0. The number of allylic oxidation sites excluding steroid dienone is 4. The Hall–Kier alpha value is -1.66. The first kappa shape index (κ1) is 24.0. The van der Waals surface area contributed by atoms with Crippen LogP contribution in [0.3, 0.4) is 0 Å². The van der Waals surface area contributed by atoms with Gasteiger partial charge in [0, 0.05) is 11.8 Å². The van der Waals surface area contributed by atoms with Crippen molar-refractivity contribution in [2.24, 2.45) is 5.92 Å². The average molecular weight is 521 g/mol. The Morgan fingerprint density at radius 1 is 0.645 bits per heavy atom. The molecule has 3 aromatic rings. The zero-order valence-electron chi connectivity index (χ0n) is 17.1. The summed E-state index contributed by atoms with van der Waals surface area (Å²) in [6.07, 6.45) is 11.4. The molecule has 3 aromatic carbocycles. The molecule has 0 saturated heterocycles. The second-order valence-electron chi connectivity index (χ2n) is 8.01. The minimum atomic E-state index is 0. The number of fused-ring (bicyclic) bond motifs is 5. The SMILES string of the molecule is C1=CC2=c3ccccc3=C(CCC3c4ccccc4-c4ccccc43)C2C=C1.[Cl-].[Cl-].[Zr+2]. The van der Waals surface area contributed by atoms with Gasteiger partial charge in [0.25, 0.3) is 0 Å². The first-order valence-corrected chi connectivity index (χ1v) is 10.3. The molecule has 3 heteroatoms. The predicted molar refractivity (Wildman–Crippen MR) is 117 cm³/mol. The largest absolute Gasteiger partial charge is 2.00 e. The molecule has 0 saturated carbocycles. The minimum Gasteiger partial charge on any atom is -1.00 e. The summed E-state index contributed by atoms with van der Waals surface area (Å²) < 4.78 is 0. The molecule has 0 aromatic heterocycles. The number of hydrogen-bond acceptors (Lipinski definition) is 0. The van der Waals surface area contributed by atoms with E-state index in [-0.39, 0.29) is 51.0 Å². The van der Waals surface area contributed by atoms with Crippen LogP contribution in [0.25, 0.3) is 22.3 Å². The summed E-state index contributed by atoms with van der Waals surface area (Å²) in [6, 6.07) is 26.9. The van der Waals surface area contributed by atoms with Crippen molar-refractivity contribution in [3.63, 3.8) is 0 Å². The zero-order chi connectivity index (χ0) is 18.5. The van der Waals surface area contributed by atoms with E-state index in [1.54, 1.807) is 5.57 Å². The molecule has 0 radical (unpaired) electrons. The van der Waals surface area contributed by atoms with Crippen LogP contribution in [0.5, 0.6) is 0 Å². The van der Waals surface area contributed by atoms with Crippen LogP contribution in [-0.2, 0) is 26.2 Å². The molecule has 0 heterocycles. The number of hydrogen-bond donors (Lipinski definition) is 0. The number of benzene rings is 3. The molecule has 152 valence electrons.